The summed E-state index contributed by atoms with van der Waals surface area (Å²) in [5.41, 5.74) is 2.17. The fourth-order valence-electron chi connectivity index (χ4n) is 3.26. The van der Waals surface area contributed by atoms with Crippen LogP contribution in [0.4, 0.5) is 5.69 Å². The maximum Gasteiger partial charge on any atom is 0.339 e. The van der Waals surface area contributed by atoms with Crippen LogP contribution in [0.2, 0.25) is 0 Å². The number of hydrogen-bond acceptors (Lipinski definition) is 5. The van der Waals surface area contributed by atoms with Crippen LogP contribution >= 0.6 is 0 Å². The summed E-state index contributed by atoms with van der Waals surface area (Å²) in [5.74, 6) is 5.94. The molecule has 0 aliphatic heterocycles. The van der Waals surface area contributed by atoms with Crippen LogP contribution in [0.25, 0.3) is 10.9 Å². The number of pyridine rings is 1. The van der Waals surface area contributed by atoms with E-state index in [1.807, 2.05) is 30.3 Å². The SMILES string of the molecule is COc1ccc(OS(=O)N(C)c2c(C(=O)O)cnc3ccc(C#Cc4ccccc4)cc23)cc1. The zero-order chi connectivity index (χ0) is 24.1. The molecular formula is C26H20N2O5S. The first kappa shape index (κ1) is 22.8. The van der Waals surface area contributed by atoms with E-state index in [4.69, 9.17) is 8.92 Å². The highest BCUT2D eigenvalue weighted by Crippen LogP contribution is 2.31. The molecule has 0 bridgehead atoms. The van der Waals surface area contributed by atoms with Gasteiger partial charge in [0.05, 0.1) is 18.3 Å². The number of aromatic carboxylic acids is 1. The zero-order valence-electron chi connectivity index (χ0n) is 18.4. The second-order valence-corrected chi connectivity index (χ2v) is 8.30. The zero-order valence-corrected chi connectivity index (χ0v) is 19.2. The molecule has 0 radical (unpaired) electrons. The topological polar surface area (TPSA) is 89.0 Å². The maximum absolute atomic E-state index is 13.0. The second-order valence-electron chi connectivity index (χ2n) is 7.15. The highest BCUT2D eigenvalue weighted by Gasteiger charge is 2.23. The Balaban J connectivity index is 1.73. The number of carboxylic acids is 1. The summed E-state index contributed by atoms with van der Waals surface area (Å²) in [4.78, 5) is 16.2. The number of carboxylic acid groups (broad SMARTS) is 1. The molecule has 0 amide bonds. The molecule has 0 saturated carbocycles. The minimum atomic E-state index is -2.03. The summed E-state index contributed by atoms with van der Waals surface area (Å²) < 4.78 is 25.0. The van der Waals surface area contributed by atoms with E-state index in [0.29, 0.717) is 28.0 Å². The number of carbonyl (C=O) groups is 1. The van der Waals surface area contributed by atoms with Crippen LogP contribution in [0, 0.1) is 11.8 Å². The number of anilines is 1. The van der Waals surface area contributed by atoms with E-state index < -0.39 is 17.2 Å². The van der Waals surface area contributed by atoms with Gasteiger partial charge in [-0.15, -0.1) is 0 Å². The Hall–Kier alpha value is -4.35. The smallest absolute Gasteiger partial charge is 0.339 e. The summed E-state index contributed by atoms with van der Waals surface area (Å²) in [6.45, 7) is 0. The maximum atomic E-state index is 13.0. The quantitative estimate of drug-likeness (QED) is 0.418. The molecule has 1 N–H and O–H groups in total. The van der Waals surface area contributed by atoms with E-state index in [1.165, 1.54) is 17.5 Å². The molecule has 4 rings (SSSR count). The predicted molar refractivity (Wildman–Crippen MR) is 131 cm³/mol. The molecule has 0 aliphatic rings. The lowest BCUT2D eigenvalue weighted by Crippen LogP contribution is -2.26. The molecule has 1 atom stereocenters. The van der Waals surface area contributed by atoms with Crippen LogP contribution in [0.15, 0.2) is 79.0 Å². The van der Waals surface area contributed by atoms with Gasteiger partial charge in [-0.1, -0.05) is 30.0 Å². The van der Waals surface area contributed by atoms with Crippen molar-refractivity contribution in [1.29, 1.82) is 0 Å². The first-order valence-electron chi connectivity index (χ1n) is 10.2. The average Bonchev–Trinajstić information content (AvgIpc) is 2.87. The Kier molecular flexibility index (Phi) is 6.76. The van der Waals surface area contributed by atoms with E-state index in [1.54, 1.807) is 49.6 Å². The highest BCUT2D eigenvalue weighted by atomic mass is 32.2. The van der Waals surface area contributed by atoms with Crippen molar-refractivity contribution in [3.63, 3.8) is 0 Å². The van der Waals surface area contributed by atoms with Gasteiger partial charge in [0, 0.05) is 29.8 Å². The highest BCUT2D eigenvalue weighted by molar-refractivity contribution is 7.82. The van der Waals surface area contributed by atoms with Gasteiger partial charge in [0.15, 0.2) is 0 Å². The van der Waals surface area contributed by atoms with Gasteiger partial charge in [-0.2, -0.15) is 4.21 Å². The van der Waals surface area contributed by atoms with E-state index in [-0.39, 0.29) is 11.3 Å². The van der Waals surface area contributed by atoms with Gasteiger partial charge in [0.2, 0.25) is 0 Å². The Morgan fingerprint density at radius 1 is 0.971 bits per heavy atom. The van der Waals surface area contributed by atoms with Crippen LogP contribution in [0.1, 0.15) is 21.5 Å². The molecule has 4 aromatic rings. The standard InChI is InChI=1S/C26H20N2O5S/c1-28(34(31)33-21-13-11-20(32-2)12-14-21)25-22-16-19(9-8-18-6-4-3-5-7-18)10-15-24(22)27-17-23(25)26(29)30/h3-7,10-17H,1-2H3,(H,29,30). The van der Waals surface area contributed by atoms with Gasteiger partial charge in [-0.25, -0.2) is 4.79 Å². The minimum absolute atomic E-state index is 0.102. The van der Waals surface area contributed by atoms with Crippen molar-refractivity contribution in [2.45, 2.75) is 0 Å². The number of rotatable bonds is 6. The average molecular weight is 473 g/mol. The molecule has 170 valence electrons. The molecule has 8 heteroatoms. The monoisotopic (exact) mass is 472 g/mol. The van der Waals surface area contributed by atoms with Gasteiger partial charge in [-0.05, 0) is 54.6 Å². The van der Waals surface area contributed by atoms with Crippen molar-refractivity contribution < 1.29 is 23.0 Å². The molecule has 1 heterocycles. The second kappa shape index (κ2) is 10.1. The summed E-state index contributed by atoms with van der Waals surface area (Å²) >= 11 is -2.03. The van der Waals surface area contributed by atoms with Crippen molar-refractivity contribution in [3.05, 3.63) is 95.7 Å². The van der Waals surface area contributed by atoms with Crippen molar-refractivity contribution in [2.24, 2.45) is 0 Å². The number of aromatic nitrogens is 1. The van der Waals surface area contributed by atoms with Crippen molar-refractivity contribution in [2.75, 3.05) is 18.5 Å². The largest absolute Gasteiger partial charge is 0.497 e. The number of fused-ring (bicyclic) bond motifs is 1. The van der Waals surface area contributed by atoms with E-state index in [9.17, 15) is 14.1 Å². The lowest BCUT2D eigenvalue weighted by Gasteiger charge is -2.21. The number of ether oxygens (including phenoxy) is 1. The fourth-order valence-corrected chi connectivity index (χ4v) is 4.00. The van der Waals surface area contributed by atoms with Crippen LogP contribution in [0.3, 0.4) is 0 Å². The molecule has 3 aromatic carbocycles. The molecule has 34 heavy (non-hydrogen) atoms. The number of benzene rings is 3. The summed E-state index contributed by atoms with van der Waals surface area (Å²) in [6.07, 6.45) is 1.25. The van der Waals surface area contributed by atoms with Crippen molar-refractivity contribution in [1.82, 2.24) is 4.98 Å². The van der Waals surface area contributed by atoms with Crippen LogP contribution in [0.5, 0.6) is 11.5 Å². The molecule has 0 saturated heterocycles. The molecule has 0 spiro atoms. The van der Waals surface area contributed by atoms with Crippen LogP contribution in [-0.2, 0) is 11.3 Å². The predicted octanol–water partition coefficient (Wildman–Crippen LogP) is 4.44. The third-order valence-electron chi connectivity index (χ3n) is 4.96. The van der Waals surface area contributed by atoms with Crippen LogP contribution < -0.4 is 13.2 Å². The molecule has 1 unspecified atom stereocenters. The Morgan fingerprint density at radius 2 is 1.65 bits per heavy atom. The molecular weight excluding hydrogens is 452 g/mol. The van der Waals surface area contributed by atoms with Gasteiger partial charge < -0.3 is 14.0 Å². The van der Waals surface area contributed by atoms with E-state index in [0.717, 1.165) is 5.56 Å². The molecule has 0 aliphatic carbocycles. The minimum Gasteiger partial charge on any atom is -0.497 e. The van der Waals surface area contributed by atoms with E-state index >= 15 is 0 Å². The summed E-state index contributed by atoms with van der Waals surface area (Å²) in [6, 6.07) is 21.4. The Morgan fingerprint density at radius 3 is 2.32 bits per heavy atom. The number of hydrogen-bond donors (Lipinski definition) is 1. The van der Waals surface area contributed by atoms with Crippen molar-refractivity contribution in [3.8, 4) is 23.3 Å². The lowest BCUT2D eigenvalue weighted by molar-refractivity contribution is 0.0697. The third kappa shape index (κ3) is 5.00. The Bertz CT molecular complexity index is 1430. The molecule has 7 nitrogen and oxygen atoms in total. The Labute approximate surface area is 199 Å². The van der Waals surface area contributed by atoms with Crippen LogP contribution in [-0.4, -0.2) is 34.4 Å². The molecule has 1 aromatic heterocycles. The third-order valence-corrected chi connectivity index (χ3v) is 5.93. The molecule has 0 fully saturated rings. The van der Waals surface area contributed by atoms with Gasteiger partial charge >= 0.3 is 17.2 Å². The van der Waals surface area contributed by atoms with Crippen molar-refractivity contribution >= 4 is 33.8 Å². The van der Waals surface area contributed by atoms with Gasteiger partial charge in [0.25, 0.3) is 0 Å². The first-order valence-corrected chi connectivity index (χ1v) is 11.2. The normalized spacial score (nSPS) is 11.2. The van der Waals surface area contributed by atoms with E-state index in [2.05, 4.69) is 16.8 Å². The number of nitrogens with zero attached hydrogens (tertiary/aromatic N) is 2. The lowest BCUT2D eigenvalue weighted by atomic mass is 10.1. The first-order chi connectivity index (χ1) is 16.5. The summed E-state index contributed by atoms with van der Waals surface area (Å²) in [5, 5.41) is 10.3. The summed E-state index contributed by atoms with van der Waals surface area (Å²) in [7, 11) is 3.05. The fraction of sp³-hybridized carbons (Fsp3) is 0.0769. The van der Waals surface area contributed by atoms with Gasteiger partial charge in [0.1, 0.15) is 17.1 Å². The number of methoxy groups -OCH3 is 1. The van der Waals surface area contributed by atoms with Gasteiger partial charge in [-0.3, -0.25) is 9.29 Å².